The summed E-state index contributed by atoms with van der Waals surface area (Å²) in [7, 11) is -4.05. The Kier molecular flexibility index (Phi) is 8.15. The highest BCUT2D eigenvalue weighted by Crippen LogP contribution is 2.40. The number of benzene rings is 3. The lowest BCUT2D eigenvalue weighted by Gasteiger charge is -2.38. The van der Waals surface area contributed by atoms with Gasteiger partial charge in [0.05, 0.1) is 4.90 Å². The fourth-order valence-electron chi connectivity index (χ4n) is 4.63. The van der Waals surface area contributed by atoms with Crippen LogP contribution in [-0.2, 0) is 26.2 Å². The van der Waals surface area contributed by atoms with Crippen LogP contribution in [0.4, 0.5) is 0 Å². The Bertz CT molecular complexity index is 1330. The van der Waals surface area contributed by atoms with E-state index in [1.54, 1.807) is 19.1 Å². The molecule has 0 radical (unpaired) electrons. The minimum Gasteiger partial charge on any atom is -0.459 e. The summed E-state index contributed by atoms with van der Waals surface area (Å²) in [6.07, 6.45) is 2.29. The zero-order chi connectivity index (χ0) is 26.5. The summed E-state index contributed by atoms with van der Waals surface area (Å²) in [5, 5.41) is 0. The summed E-state index contributed by atoms with van der Waals surface area (Å²) >= 11 is 0. The highest BCUT2D eigenvalue weighted by atomic mass is 32.2. The molecule has 4 rings (SSSR count). The SMILES string of the molecule is C=C(C)CN(C1(C(=O)OCc2ccccc2)CCCC1)S(=O)(=O)c1ccc(Oc2ccc(C)cc2)cc1. The minimum atomic E-state index is -4.05. The van der Waals surface area contributed by atoms with Crippen LogP contribution < -0.4 is 4.74 Å². The largest absolute Gasteiger partial charge is 0.459 e. The first-order chi connectivity index (χ1) is 17.7. The Labute approximate surface area is 219 Å². The van der Waals surface area contributed by atoms with E-state index in [4.69, 9.17) is 9.47 Å². The van der Waals surface area contributed by atoms with Crippen molar-refractivity contribution in [3.8, 4) is 11.5 Å². The molecular formula is C30H33NO5S. The Morgan fingerprint density at radius 3 is 2.05 bits per heavy atom. The van der Waals surface area contributed by atoms with E-state index >= 15 is 0 Å². The number of carbonyl (C=O) groups is 1. The average molecular weight is 520 g/mol. The van der Waals surface area contributed by atoms with Gasteiger partial charge in [0, 0.05) is 6.54 Å². The van der Waals surface area contributed by atoms with Crippen molar-refractivity contribution in [2.75, 3.05) is 6.54 Å². The van der Waals surface area contributed by atoms with Crippen LogP contribution in [0.3, 0.4) is 0 Å². The van der Waals surface area contributed by atoms with Gasteiger partial charge in [-0.3, -0.25) is 0 Å². The molecule has 0 N–H and O–H groups in total. The quantitative estimate of drug-likeness (QED) is 0.229. The van der Waals surface area contributed by atoms with E-state index in [-0.39, 0.29) is 18.0 Å². The van der Waals surface area contributed by atoms with E-state index in [1.165, 1.54) is 16.4 Å². The average Bonchev–Trinajstić information content (AvgIpc) is 3.39. The maximum atomic E-state index is 14.0. The van der Waals surface area contributed by atoms with E-state index in [1.807, 2.05) is 61.5 Å². The van der Waals surface area contributed by atoms with Crippen molar-refractivity contribution in [1.29, 1.82) is 0 Å². The first-order valence-electron chi connectivity index (χ1n) is 12.4. The number of nitrogens with zero attached hydrogens (tertiary/aromatic N) is 1. The summed E-state index contributed by atoms with van der Waals surface area (Å²) in [6.45, 7) is 7.83. The van der Waals surface area contributed by atoms with Crippen LogP contribution in [0.5, 0.6) is 11.5 Å². The second-order valence-corrected chi connectivity index (χ2v) is 11.5. The standard InChI is InChI=1S/C30H33NO5S/c1-23(2)21-31(30(19-7-8-20-30)29(32)35-22-25-9-5-4-6-10-25)37(33,34)28-17-15-27(16-18-28)36-26-13-11-24(3)12-14-26/h4-6,9-18H,1,7-8,19-22H2,2-3H3. The van der Waals surface area contributed by atoms with Crippen molar-refractivity contribution < 1.29 is 22.7 Å². The monoisotopic (exact) mass is 519 g/mol. The fourth-order valence-corrected chi connectivity index (χ4v) is 6.48. The number of hydrogen-bond donors (Lipinski definition) is 0. The minimum absolute atomic E-state index is 0.0321. The molecule has 1 saturated carbocycles. The molecule has 37 heavy (non-hydrogen) atoms. The van der Waals surface area contributed by atoms with Crippen LogP contribution in [0.15, 0.2) is 95.9 Å². The second-order valence-electron chi connectivity index (χ2n) is 9.66. The molecule has 0 spiro atoms. The number of rotatable bonds is 10. The van der Waals surface area contributed by atoms with Gasteiger partial charge in [-0.25, -0.2) is 13.2 Å². The number of carbonyl (C=O) groups excluding carboxylic acids is 1. The third kappa shape index (κ3) is 6.12. The normalized spacial score (nSPS) is 14.9. The molecule has 0 amide bonds. The van der Waals surface area contributed by atoms with Gasteiger partial charge in [-0.05, 0) is 68.7 Å². The van der Waals surface area contributed by atoms with Crippen molar-refractivity contribution >= 4 is 16.0 Å². The molecule has 3 aromatic carbocycles. The number of ether oxygens (including phenoxy) is 2. The predicted octanol–water partition coefficient (Wildman–Crippen LogP) is 6.41. The van der Waals surface area contributed by atoms with E-state index < -0.39 is 21.5 Å². The van der Waals surface area contributed by atoms with E-state index in [0.29, 0.717) is 29.9 Å². The first kappa shape index (κ1) is 26.6. The number of aryl methyl sites for hydroxylation is 1. The summed E-state index contributed by atoms with van der Waals surface area (Å²) in [5.74, 6) is 0.668. The molecule has 0 aromatic heterocycles. The molecule has 0 aliphatic heterocycles. The smallest absolute Gasteiger partial charge is 0.327 e. The third-order valence-corrected chi connectivity index (χ3v) is 8.51. The van der Waals surface area contributed by atoms with Gasteiger partial charge in [0.25, 0.3) is 0 Å². The number of esters is 1. The van der Waals surface area contributed by atoms with Gasteiger partial charge in [-0.1, -0.05) is 73.0 Å². The van der Waals surface area contributed by atoms with Gasteiger partial charge < -0.3 is 9.47 Å². The molecule has 0 atom stereocenters. The van der Waals surface area contributed by atoms with Gasteiger partial charge >= 0.3 is 5.97 Å². The Balaban J connectivity index is 1.61. The van der Waals surface area contributed by atoms with Crippen LogP contribution >= 0.6 is 0 Å². The van der Waals surface area contributed by atoms with Gasteiger partial charge in [0.2, 0.25) is 10.0 Å². The fraction of sp³-hybridized carbons (Fsp3) is 0.300. The van der Waals surface area contributed by atoms with Gasteiger partial charge in [0.1, 0.15) is 23.6 Å². The van der Waals surface area contributed by atoms with Crippen LogP contribution in [0, 0.1) is 6.92 Å². The summed E-state index contributed by atoms with van der Waals surface area (Å²) in [5.41, 5.74) is 1.34. The van der Waals surface area contributed by atoms with Crippen LogP contribution in [0.2, 0.25) is 0 Å². The molecule has 1 fully saturated rings. The topological polar surface area (TPSA) is 72.9 Å². The zero-order valence-corrected chi connectivity index (χ0v) is 22.2. The Hall–Kier alpha value is -3.42. The van der Waals surface area contributed by atoms with E-state index in [0.717, 1.165) is 24.0 Å². The molecule has 6 nitrogen and oxygen atoms in total. The van der Waals surface area contributed by atoms with Crippen molar-refractivity contribution in [3.63, 3.8) is 0 Å². The molecule has 0 saturated heterocycles. The maximum absolute atomic E-state index is 14.0. The first-order valence-corrected chi connectivity index (χ1v) is 13.9. The van der Waals surface area contributed by atoms with Gasteiger partial charge in [0.15, 0.2) is 0 Å². The predicted molar refractivity (Wildman–Crippen MR) is 144 cm³/mol. The Morgan fingerprint density at radius 1 is 0.919 bits per heavy atom. The lowest BCUT2D eigenvalue weighted by Crippen LogP contribution is -2.56. The highest BCUT2D eigenvalue weighted by Gasteiger charge is 2.52. The van der Waals surface area contributed by atoms with Gasteiger partial charge in [-0.15, -0.1) is 0 Å². The summed E-state index contributed by atoms with van der Waals surface area (Å²) in [6, 6.07) is 23.3. The molecule has 7 heteroatoms. The van der Waals surface area contributed by atoms with E-state index in [2.05, 4.69) is 6.58 Å². The van der Waals surface area contributed by atoms with Crippen molar-refractivity contribution in [3.05, 3.63) is 102 Å². The van der Waals surface area contributed by atoms with Crippen molar-refractivity contribution in [1.82, 2.24) is 4.31 Å². The molecule has 0 unspecified atom stereocenters. The lowest BCUT2D eigenvalue weighted by molar-refractivity contribution is -0.156. The van der Waals surface area contributed by atoms with Crippen molar-refractivity contribution in [2.24, 2.45) is 0 Å². The summed E-state index contributed by atoms with van der Waals surface area (Å²) < 4.78 is 40.8. The third-order valence-electron chi connectivity index (χ3n) is 6.58. The second kappa shape index (κ2) is 11.3. The Morgan fingerprint density at radius 2 is 1.49 bits per heavy atom. The summed E-state index contributed by atoms with van der Waals surface area (Å²) in [4.78, 5) is 13.6. The number of hydrogen-bond acceptors (Lipinski definition) is 5. The zero-order valence-electron chi connectivity index (χ0n) is 21.4. The molecule has 0 bridgehead atoms. The molecule has 3 aromatic rings. The van der Waals surface area contributed by atoms with Crippen LogP contribution in [0.25, 0.3) is 0 Å². The maximum Gasteiger partial charge on any atom is 0.327 e. The molecule has 1 aliphatic carbocycles. The molecule has 194 valence electrons. The highest BCUT2D eigenvalue weighted by molar-refractivity contribution is 7.89. The molecular weight excluding hydrogens is 486 g/mol. The number of sulfonamides is 1. The van der Waals surface area contributed by atoms with Gasteiger partial charge in [-0.2, -0.15) is 4.31 Å². The molecule has 1 aliphatic rings. The van der Waals surface area contributed by atoms with Crippen LogP contribution in [-0.4, -0.2) is 30.8 Å². The van der Waals surface area contributed by atoms with E-state index in [9.17, 15) is 13.2 Å². The lowest BCUT2D eigenvalue weighted by atomic mass is 9.97. The molecule has 0 heterocycles. The van der Waals surface area contributed by atoms with Crippen LogP contribution in [0.1, 0.15) is 43.7 Å². The van der Waals surface area contributed by atoms with Crippen molar-refractivity contribution in [2.45, 2.75) is 56.6 Å².